The van der Waals surface area contributed by atoms with Crippen LogP contribution in [0.2, 0.25) is 0 Å². The van der Waals surface area contributed by atoms with E-state index in [2.05, 4.69) is 35.7 Å². The summed E-state index contributed by atoms with van der Waals surface area (Å²) in [5.74, 6) is 1.31. The lowest BCUT2D eigenvalue weighted by molar-refractivity contribution is -0.384. The molecule has 0 unspecified atom stereocenters. The summed E-state index contributed by atoms with van der Waals surface area (Å²) < 4.78 is 5.12. The quantitative estimate of drug-likeness (QED) is 0.245. The van der Waals surface area contributed by atoms with Crippen molar-refractivity contribution < 1.29 is 14.8 Å². The number of hydrazone groups is 1. The average molecular weight is 479 g/mol. The van der Waals surface area contributed by atoms with E-state index in [1.165, 1.54) is 25.5 Å². The Balaban J connectivity index is 1.58. The van der Waals surface area contributed by atoms with Crippen LogP contribution in [0, 0.1) is 10.1 Å². The number of hydrogen-bond donors (Lipinski definition) is 3. The molecule has 0 amide bonds. The fourth-order valence-electron chi connectivity index (χ4n) is 3.65. The summed E-state index contributed by atoms with van der Waals surface area (Å²) in [5.41, 5.74) is 3.85. The molecule has 0 bridgehead atoms. The molecular formula is C23H26N8O4. The standard InChI is InChI=1S/C23H26N8O4/c1-35-19-8-6-7-16(20(19)32)15-24-29-22-26-21(25-17-9-11-18(12-10-17)31(33)34)27-23(28-22)30-13-4-2-3-5-14-30/h6-12,15,32H,2-5,13-14H2,1H3,(H2,25,26,27,28,29). The SMILES string of the molecule is COc1cccc(C=NNc2nc(Nc3ccc([N+](=O)[O-])cc3)nc(N3CCCCCC3)n2)c1O. The van der Waals surface area contributed by atoms with Gasteiger partial charge >= 0.3 is 0 Å². The molecule has 4 rings (SSSR count). The van der Waals surface area contributed by atoms with Crippen LogP contribution in [0.5, 0.6) is 11.5 Å². The lowest BCUT2D eigenvalue weighted by atomic mass is 10.2. The zero-order chi connectivity index (χ0) is 24.6. The topological polar surface area (TPSA) is 151 Å². The minimum Gasteiger partial charge on any atom is -0.504 e. The maximum absolute atomic E-state index is 10.9. The number of rotatable bonds is 8. The first kappa shape index (κ1) is 23.7. The molecule has 182 valence electrons. The van der Waals surface area contributed by atoms with Gasteiger partial charge in [0.1, 0.15) is 0 Å². The molecule has 2 heterocycles. The van der Waals surface area contributed by atoms with Gasteiger partial charge < -0.3 is 20.1 Å². The molecule has 0 aliphatic carbocycles. The number of phenolic OH excluding ortho intramolecular Hbond substituents is 1. The predicted octanol–water partition coefficient (Wildman–Crippen LogP) is 4.06. The molecule has 0 radical (unpaired) electrons. The molecule has 2 aromatic carbocycles. The highest BCUT2D eigenvalue weighted by atomic mass is 16.6. The number of non-ortho nitro benzene ring substituents is 1. The second-order valence-electron chi connectivity index (χ2n) is 7.88. The lowest BCUT2D eigenvalue weighted by Gasteiger charge is -2.21. The summed E-state index contributed by atoms with van der Waals surface area (Å²) in [7, 11) is 1.48. The molecule has 0 atom stereocenters. The average Bonchev–Trinajstić information content (AvgIpc) is 3.15. The van der Waals surface area contributed by atoms with Crippen LogP contribution in [0.25, 0.3) is 0 Å². The Morgan fingerprint density at radius 2 is 1.77 bits per heavy atom. The van der Waals surface area contributed by atoms with Crippen LogP contribution in [0.4, 0.5) is 29.2 Å². The van der Waals surface area contributed by atoms with Crippen LogP contribution in [0.3, 0.4) is 0 Å². The first-order chi connectivity index (χ1) is 17.0. The summed E-state index contributed by atoms with van der Waals surface area (Å²) in [6.45, 7) is 1.67. The molecule has 3 aromatic rings. The molecule has 3 N–H and O–H groups in total. The number of nitro benzene ring substituents is 1. The second-order valence-corrected chi connectivity index (χ2v) is 7.88. The molecule has 1 aliphatic rings. The highest BCUT2D eigenvalue weighted by molar-refractivity contribution is 5.85. The van der Waals surface area contributed by atoms with Crippen molar-refractivity contribution in [2.24, 2.45) is 5.10 Å². The van der Waals surface area contributed by atoms with Crippen LogP contribution >= 0.6 is 0 Å². The number of nitrogens with zero attached hydrogens (tertiary/aromatic N) is 6. The molecular weight excluding hydrogens is 452 g/mol. The minimum absolute atomic E-state index is 0.00561. The van der Waals surface area contributed by atoms with Gasteiger partial charge in [0, 0.05) is 36.5 Å². The van der Waals surface area contributed by atoms with Crippen LogP contribution in [-0.4, -0.2) is 51.4 Å². The number of methoxy groups -OCH3 is 1. The second kappa shape index (κ2) is 11.1. The van der Waals surface area contributed by atoms with Gasteiger partial charge in [0.05, 0.1) is 18.2 Å². The maximum atomic E-state index is 10.9. The smallest absolute Gasteiger partial charge is 0.269 e. The van der Waals surface area contributed by atoms with Gasteiger partial charge in [-0.1, -0.05) is 18.9 Å². The third-order valence-electron chi connectivity index (χ3n) is 5.47. The molecule has 0 saturated carbocycles. The van der Waals surface area contributed by atoms with E-state index in [0.717, 1.165) is 38.8 Å². The Labute approximate surface area is 201 Å². The molecule has 35 heavy (non-hydrogen) atoms. The van der Waals surface area contributed by atoms with Crippen molar-refractivity contribution in [3.05, 3.63) is 58.1 Å². The van der Waals surface area contributed by atoms with Gasteiger partial charge in [0.25, 0.3) is 5.69 Å². The van der Waals surface area contributed by atoms with E-state index < -0.39 is 4.92 Å². The fraction of sp³-hybridized carbons (Fsp3) is 0.304. The monoisotopic (exact) mass is 478 g/mol. The highest BCUT2D eigenvalue weighted by Gasteiger charge is 2.16. The summed E-state index contributed by atoms with van der Waals surface area (Å²) in [6, 6.07) is 11.1. The number of para-hydroxylation sites is 1. The Morgan fingerprint density at radius 3 is 2.46 bits per heavy atom. The molecule has 1 aliphatic heterocycles. The Morgan fingerprint density at radius 1 is 1.06 bits per heavy atom. The summed E-state index contributed by atoms with van der Waals surface area (Å²) in [4.78, 5) is 26.1. The van der Waals surface area contributed by atoms with Gasteiger partial charge in [0.15, 0.2) is 11.5 Å². The number of nitrogens with one attached hydrogen (secondary N) is 2. The number of phenols is 1. The van der Waals surface area contributed by atoms with Gasteiger partial charge in [0.2, 0.25) is 17.8 Å². The minimum atomic E-state index is -0.454. The van der Waals surface area contributed by atoms with E-state index in [4.69, 9.17) is 4.74 Å². The first-order valence-corrected chi connectivity index (χ1v) is 11.2. The molecule has 12 heteroatoms. The van der Waals surface area contributed by atoms with E-state index in [1.54, 1.807) is 30.3 Å². The van der Waals surface area contributed by atoms with E-state index in [1.807, 2.05) is 0 Å². The van der Waals surface area contributed by atoms with Crippen LogP contribution in [0.1, 0.15) is 31.2 Å². The summed E-state index contributed by atoms with van der Waals surface area (Å²) in [6.07, 6.45) is 5.86. The van der Waals surface area contributed by atoms with E-state index in [0.29, 0.717) is 22.9 Å². The molecule has 0 spiro atoms. The van der Waals surface area contributed by atoms with Crippen molar-refractivity contribution in [3.63, 3.8) is 0 Å². The van der Waals surface area contributed by atoms with Crippen molar-refractivity contribution in [2.75, 3.05) is 35.8 Å². The Bertz CT molecular complexity index is 1190. The Kier molecular flexibility index (Phi) is 7.50. The third kappa shape index (κ3) is 6.10. The number of aromatic hydroxyl groups is 1. The maximum Gasteiger partial charge on any atom is 0.269 e. The van der Waals surface area contributed by atoms with Gasteiger partial charge in [-0.25, -0.2) is 5.43 Å². The van der Waals surface area contributed by atoms with Gasteiger partial charge in [-0.05, 0) is 37.1 Å². The zero-order valence-corrected chi connectivity index (χ0v) is 19.2. The number of benzene rings is 2. The number of anilines is 4. The molecule has 1 fully saturated rings. The molecule has 12 nitrogen and oxygen atoms in total. The highest BCUT2D eigenvalue weighted by Crippen LogP contribution is 2.28. The van der Waals surface area contributed by atoms with Crippen LogP contribution in [-0.2, 0) is 0 Å². The van der Waals surface area contributed by atoms with Crippen molar-refractivity contribution in [1.82, 2.24) is 15.0 Å². The fourth-order valence-corrected chi connectivity index (χ4v) is 3.65. The largest absolute Gasteiger partial charge is 0.504 e. The van der Waals surface area contributed by atoms with Crippen molar-refractivity contribution in [1.29, 1.82) is 0 Å². The van der Waals surface area contributed by atoms with Crippen molar-refractivity contribution >= 4 is 35.4 Å². The molecule has 1 saturated heterocycles. The van der Waals surface area contributed by atoms with Gasteiger partial charge in [-0.2, -0.15) is 20.1 Å². The third-order valence-corrected chi connectivity index (χ3v) is 5.47. The van der Waals surface area contributed by atoms with E-state index in [-0.39, 0.29) is 23.3 Å². The summed E-state index contributed by atoms with van der Waals surface area (Å²) >= 11 is 0. The zero-order valence-electron chi connectivity index (χ0n) is 19.2. The first-order valence-electron chi connectivity index (χ1n) is 11.2. The van der Waals surface area contributed by atoms with E-state index >= 15 is 0 Å². The number of nitro groups is 1. The normalized spacial score (nSPS) is 13.9. The molecule has 1 aromatic heterocycles. The van der Waals surface area contributed by atoms with Gasteiger partial charge in [-0.3, -0.25) is 10.1 Å². The number of hydrogen-bond acceptors (Lipinski definition) is 11. The van der Waals surface area contributed by atoms with Crippen LogP contribution in [0.15, 0.2) is 47.6 Å². The summed E-state index contributed by atoms with van der Waals surface area (Å²) in [5, 5.41) is 28.4. The van der Waals surface area contributed by atoms with Gasteiger partial charge in [-0.15, -0.1) is 0 Å². The predicted molar refractivity (Wildman–Crippen MR) is 133 cm³/mol. The number of aromatic nitrogens is 3. The van der Waals surface area contributed by atoms with Crippen molar-refractivity contribution in [3.8, 4) is 11.5 Å². The number of ether oxygens (including phenoxy) is 1. The van der Waals surface area contributed by atoms with Crippen molar-refractivity contribution in [2.45, 2.75) is 25.7 Å². The van der Waals surface area contributed by atoms with E-state index in [9.17, 15) is 15.2 Å². The lowest BCUT2D eigenvalue weighted by Crippen LogP contribution is -2.26. The van der Waals surface area contributed by atoms with Crippen LogP contribution < -0.4 is 20.4 Å². The Hall–Kier alpha value is -4.48.